The van der Waals surface area contributed by atoms with E-state index in [1.807, 2.05) is 6.07 Å². The Kier molecular flexibility index (Phi) is 5.46. The van der Waals surface area contributed by atoms with Crippen LogP contribution in [0.25, 0.3) is 6.08 Å². The van der Waals surface area contributed by atoms with E-state index in [1.54, 1.807) is 30.3 Å². The Morgan fingerprint density at radius 3 is 2.32 bits per heavy atom. The van der Waals surface area contributed by atoms with Crippen LogP contribution in [0.5, 0.6) is 0 Å². The van der Waals surface area contributed by atoms with Crippen LogP contribution in [0.1, 0.15) is 5.56 Å². The van der Waals surface area contributed by atoms with E-state index in [2.05, 4.69) is 5.32 Å². The molecule has 0 fully saturated rings. The second kappa shape index (κ2) is 7.33. The molecule has 2 aromatic rings. The summed E-state index contributed by atoms with van der Waals surface area (Å²) >= 11 is 17.7. The maximum atomic E-state index is 12.2. The van der Waals surface area contributed by atoms with Crippen molar-refractivity contribution < 1.29 is 4.79 Å². The standard InChI is InChI=1S/C16H9Cl3N2O/c17-12-6-13(18)8-14(7-12)21-16(22)11(9-20)5-10-3-1-2-4-15(10)19/h1-8H,(H,21,22)/b11-5+. The summed E-state index contributed by atoms with van der Waals surface area (Å²) in [5, 5.41) is 13.0. The third-order valence-corrected chi connectivity index (χ3v) is 3.47. The van der Waals surface area contributed by atoms with Gasteiger partial charge >= 0.3 is 0 Å². The Morgan fingerprint density at radius 1 is 1.09 bits per heavy atom. The molecule has 0 radical (unpaired) electrons. The molecule has 0 atom stereocenters. The SMILES string of the molecule is N#C/C(=C\c1ccccc1Cl)C(=O)Nc1cc(Cl)cc(Cl)c1. The molecule has 0 saturated heterocycles. The highest BCUT2D eigenvalue weighted by atomic mass is 35.5. The molecule has 0 spiro atoms. The van der Waals surface area contributed by atoms with Crippen LogP contribution in [-0.2, 0) is 4.79 Å². The minimum absolute atomic E-state index is 0.0794. The minimum Gasteiger partial charge on any atom is -0.321 e. The molecule has 0 bridgehead atoms. The van der Waals surface area contributed by atoms with Gasteiger partial charge in [0, 0.05) is 20.8 Å². The molecule has 0 aliphatic rings. The van der Waals surface area contributed by atoms with Crippen molar-refractivity contribution in [1.29, 1.82) is 5.26 Å². The zero-order chi connectivity index (χ0) is 16.1. The molecule has 3 nitrogen and oxygen atoms in total. The summed E-state index contributed by atoms with van der Waals surface area (Å²) in [5.41, 5.74) is 0.909. The van der Waals surface area contributed by atoms with E-state index in [0.717, 1.165) is 0 Å². The molecule has 6 heteroatoms. The van der Waals surface area contributed by atoms with E-state index >= 15 is 0 Å². The zero-order valence-electron chi connectivity index (χ0n) is 11.1. The first-order valence-electron chi connectivity index (χ1n) is 6.13. The zero-order valence-corrected chi connectivity index (χ0v) is 13.4. The van der Waals surface area contributed by atoms with Crippen molar-refractivity contribution in [3.8, 4) is 6.07 Å². The first-order chi connectivity index (χ1) is 10.5. The number of halogens is 3. The van der Waals surface area contributed by atoms with Gasteiger partial charge in [-0.1, -0.05) is 53.0 Å². The molecule has 2 aromatic carbocycles. The molecule has 0 saturated carbocycles. The van der Waals surface area contributed by atoms with Gasteiger partial charge in [0.05, 0.1) is 0 Å². The van der Waals surface area contributed by atoms with Gasteiger partial charge in [0.25, 0.3) is 5.91 Å². The van der Waals surface area contributed by atoms with Crippen LogP contribution in [0.4, 0.5) is 5.69 Å². The predicted octanol–water partition coefficient (Wildman–Crippen LogP) is 5.19. The number of nitrogens with zero attached hydrogens (tertiary/aromatic N) is 1. The van der Waals surface area contributed by atoms with E-state index < -0.39 is 5.91 Å². The van der Waals surface area contributed by atoms with E-state index in [4.69, 9.17) is 40.1 Å². The van der Waals surface area contributed by atoms with Crippen LogP contribution in [0.3, 0.4) is 0 Å². The van der Waals surface area contributed by atoms with Crippen molar-refractivity contribution in [2.24, 2.45) is 0 Å². The van der Waals surface area contributed by atoms with Gasteiger partial charge in [-0.15, -0.1) is 0 Å². The first kappa shape index (κ1) is 16.4. The highest BCUT2D eigenvalue weighted by Crippen LogP contribution is 2.23. The summed E-state index contributed by atoms with van der Waals surface area (Å²) < 4.78 is 0. The van der Waals surface area contributed by atoms with Gasteiger partial charge in [0.1, 0.15) is 11.6 Å². The maximum absolute atomic E-state index is 12.2. The lowest BCUT2D eigenvalue weighted by molar-refractivity contribution is -0.112. The minimum atomic E-state index is -0.569. The summed E-state index contributed by atoms with van der Waals surface area (Å²) in [6.45, 7) is 0. The summed E-state index contributed by atoms with van der Waals surface area (Å²) in [7, 11) is 0. The number of nitriles is 1. The van der Waals surface area contributed by atoms with Crippen molar-refractivity contribution in [3.63, 3.8) is 0 Å². The Balaban J connectivity index is 2.26. The highest BCUT2D eigenvalue weighted by molar-refractivity contribution is 6.35. The van der Waals surface area contributed by atoms with Crippen molar-refractivity contribution in [3.05, 3.63) is 68.7 Å². The average Bonchev–Trinajstić information content (AvgIpc) is 2.45. The quantitative estimate of drug-likeness (QED) is 0.611. The van der Waals surface area contributed by atoms with Crippen LogP contribution in [0.2, 0.25) is 15.1 Å². The van der Waals surface area contributed by atoms with Gasteiger partial charge < -0.3 is 5.32 Å². The lowest BCUT2D eigenvalue weighted by Gasteiger charge is -2.06. The van der Waals surface area contributed by atoms with E-state index in [1.165, 1.54) is 18.2 Å². The Bertz CT molecular complexity index is 774. The molecule has 1 amide bonds. The smallest absolute Gasteiger partial charge is 0.266 e. The van der Waals surface area contributed by atoms with E-state index in [-0.39, 0.29) is 5.57 Å². The average molecular weight is 352 g/mol. The number of anilines is 1. The van der Waals surface area contributed by atoms with Crippen LogP contribution >= 0.6 is 34.8 Å². The summed E-state index contributed by atoms with van der Waals surface area (Å²) in [5.74, 6) is -0.569. The normalized spacial score (nSPS) is 10.9. The molecule has 0 aliphatic heterocycles. The number of hydrogen-bond donors (Lipinski definition) is 1. The molecule has 2 rings (SSSR count). The van der Waals surface area contributed by atoms with Gasteiger partial charge in [0.15, 0.2) is 0 Å². The monoisotopic (exact) mass is 350 g/mol. The number of hydrogen-bond acceptors (Lipinski definition) is 2. The molecule has 22 heavy (non-hydrogen) atoms. The third kappa shape index (κ3) is 4.25. The number of rotatable bonds is 3. The second-order valence-corrected chi connectivity index (χ2v) is 5.58. The third-order valence-electron chi connectivity index (χ3n) is 2.69. The molecule has 1 N–H and O–H groups in total. The number of carbonyl (C=O) groups is 1. The van der Waals surface area contributed by atoms with Crippen LogP contribution in [0, 0.1) is 11.3 Å². The molecular weight excluding hydrogens is 343 g/mol. The summed E-state index contributed by atoms with van der Waals surface area (Å²) in [6, 6.07) is 13.4. The van der Waals surface area contributed by atoms with Gasteiger partial charge in [-0.3, -0.25) is 4.79 Å². The number of carbonyl (C=O) groups excluding carboxylic acids is 1. The fraction of sp³-hybridized carbons (Fsp3) is 0. The lowest BCUT2D eigenvalue weighted by atomic mass is 10.1. The van der Waals surface area contributed by atoms with Gasteiger partial charge in [-0.25, -0.2) is 0 Å². The molecule has 0 unspecified atom stereocenters. The van der Waals surface area contributed by atoms with Crippen molar-refractivity contribution in [1.82, 2.24) is 0 Å². The van der Waals surface area contributed by atoms with Gasteiger partial charge in [-0.05, 0) is 35.9 Å². The van der Waals surface area contributed by atoms with Crippen molar-refractivity contribution >= 4 is 52.5 Å². The number of amides is 1. The van der Waals surface area contributed by atoms with Gasteiger partial charge in [0.2, 0.25) is 0 Å². The van der Waals surface area contributed by atoms with Gasteiger partial charge in [-0.2, -0.15) is 5.26 Å². The Hall–Kier alpha value is -1.99. The second-order valence-electron chi connectivity index (χ2n) is 4.30. The molecule has 0 aliphatic carbocycles. The number of benzene rings is 2. The number of nitrogens with one attached hydrogen (secondary N) is 1. The molecular formula is C16H9Cl3N2O. The van der Waals surface area contributed by atoms with E-state index in [9.17, 15) is 4.79 Å². The Labute approximate surface area is 142 Å². The lowest BCUT2D eigenvalue weighted by Crippen LogP contribution is -2.13. The largest absolute Gasteiger partial charge is 0.321 e. The Morgan fingerprint density at radius 2 is 1.73 bits per heavy atom. The van der Waals surface area contributed by atoms with Crippen LogP contribution < -0.4 is 5.32 Å². The van der Waals surface area contributed by atoms with E-state index in [0.29, 0.717) is 26.3 Å². The maximum Gasteiger partial charge on any atom is 0.266 e. The fourth-order valence-electron chi connectivity index (χ4n) is 1.72. The first-order valence-corrected chi connectivity index (χ1v) is 7.27. The highest BCUT2D eigenvalue weighted by Gasteiger charge is 2.11. The van der Waals surface area contributed by atoms with Crippen LogP contribution in [0.15, 0.2) is 48.0 Å². The molecule has 110 valence electrons. The van der Waals surface area contributed by atoms with Crippen LogP contribution in [-0.4, -0.2) is 5.91 Å². The predicted molar refractivity (Wildman–Crippen MR) is 90.1 cm³/mol. The topological polar surface area (TPSA) is 52.9 Å². The molecule has 0 heterocycles. The summed E-state index contributed by atoms with van der Waals surface area (Å²) in [6.07, 6.45) is 1.42. The fourth-order valence-corrected chi connectivity index (χ4v) is 2.44. The summed E-state index contributed by atoms with van der Waals surface area (Å²) in [4.78, 5) is 12.2. The molecule has 0 aromatic heterocycles. The van der Waals surface area contributed by atoms with Crippen molar-refractivity contribution in [2.75, 3.05) is 5.32 Å². The van der Waals surface area contributed by atoms with Crippen molar-refractivity contribution in [2.45, 2.75) is 0 Å².